The van der Waals surface area contributed by atoms with E-state index in [2.05, 4.69) is 28.2 Å². The highest BCUT2D eigenvalue weighted by atomic mass is 15.2. The Morgan fingerprint density at radius 3 is 3.00 bits per heavy atom. The van der Waals surface area contributed by atoms with Gasteiger partial charge in [0.05, 0.1) is 17.4 Å². The summed E-state index contributed by atoms with van der Waals surface area (Å²) in [7, 11) is 2.17. The van der Waals surface area contributed by atoms with Gasteiger partial charge in [0.15, 0.2) is 0 Å². The topological polar surface area (TPSA) is 31.9 Å². The molecule has 0 amide bonds. The zero-order chi connectivity index (χ0) is 8.55. The number of nitrogens with zero attached hydrogens (tertiary/aromatic N) is 2. The first-order chi connectivity index (χ1) is 5.77. The molecule has 2 rings (SSSR count). The highest BCUT2D eigenvalue weighted by Gasteiger charge is 2.23. The molecule has 0 aromatic carbocycles. The summed E-state index contributed by atoms with van der Waals surface area (Å²) >= 11 is 0. The molecule has 0 saturated carbocycles. The molecule has 0 aliphatic carbocycles. The minimum absolute atomic E-state index is 0.575. The van der Waals surface area contributed by atoms with Crippen LogP contribution in [0.15, 0.2) is 6.07 Å². The van der Waals surface area contributed by atoms with Crippen molar-refractivity contribution in [2.24, 2.45) is 0 Å². The van der Waals surface area contributed by atoms with Gasteiger partial charge in [-0.15, -0.1) is 0 Å². The quantitative estimate of drug-likeness (QED) is 0.683. The van der Waals surface area contributed by atoms with Gasteiger partial charge in [-0.05, 0) is 39.4 Å². The van der Waals surface area contributed by atoms with Gasteiger partial charge < -0.3 is 0 Å². The van der Waals surface area contributed by atoms with Crippen molar-refractivity contribution in [1.82, 2.24) is 15.1 Å². The summed E-state index contributed by atoms with van der Waals surface area (Å²) in [5.74, 6) is 0. The maximum Gasteiger partial charge on any atom is 0.0594 e. The van der Waals surface area contributed by atoms with Crippen LogP contribution in [0, 0.1) is 6.92 Å². The summed E-state index contributed by atoms with van der Waals surface area (Å²) < 4.78 is 0. The van der Waals surface area contributed by atoms with Crippen LogP contribution in [0.1, 0.15) is 30.3 Å². The van der Waals surface area contributed by atoms with Crippen molar-refractivity contribution in [2.45, 2.75) is 25.8 Å². The van der Waals surface area contributed by atoms with Crippen molar-refractivity contribution in [3.63, 3.8) is 0 Å². The highest BCUT2D eigenvalue weighted by Crippen LogP contribution is 2.28. The summed E-state index contributed by atoms with van der Waals surface area (Å²) in [5.41, 5.74) is 2.36. The van der Waals surface area contributed by atoms with E-state index in [1.807, 2.05) is 6.92 Å². The first-order valence-electron chi connectivity index (χ1n) is 4.49. The summed E-state index contributed by atoms with van der Waals surface area (Å²) in [5, 5.41) is 7.23. The van der Waals surface area contributed by atoms with E-state index in [1.165, 1.54) is 25.1 Å². The van der Waals surface area contributed by atoms with E-state index >= 15 is 0 Å². The van der Waals surface area contributed by atoms with E-state index in [-0.39, 0.29) is 0 Å². The second-order valence-corrected chi connectivity index (χ2v) is 3.60. The molecule has 0 spiro atoms. The van der Waals surface area contributed by atoms with Crippen molar-refractivity contribution in [1.29, 1.82) is 0 Å². The fourth-order valence-corrected chi connectivity index (χ4v) is 1.92. The Morgan fingerprint density at radius 2 is 2.50 bits per heavy atom. The fraction of sp³-hybridized carbons (Fsp3) is 0.667. The zero-order valence-electron chi connectivity index (χ0n) is 7.67. The Balaban J connectivity index is 2.19. The number of likely N-dealkylation sites (tertiary alicyclic amines) is 1. The Morgan fingerprint density at radius 1 is 1.67 bits per heavy atom. The maximum atomic E-state index is 4.14. The van der Waals surface area contributed by atoms with Crippen molar-refractivity contribution in [3.8, 4) is 0 Å². The van der Waals surface area contributed by atoms with Crippen LogP contribution in [0.2, 0.25) is 0 Å². The molecule has 1 aliphatic rings. The summed E-state index contributed by atoms with van der Waals surface area (Å²) in [6.07, 6.45) is 2.57. The van der Waals surface area contributed by atoms with Gasteiger partial charge in [-0.3, -0.25) is 10.00 Å². The van der Waals surface area contributed by atoms with Crippen molar-refractivity contribution in [2.75, 3.05) is 13.6 Å². The van der Waals surface area contributed by atoms with Crippen LogP contribution in [0.5, 0.6) is 0 Å². The number of hydrogen-bond acceptors (Lipinski definition) is 2. The molecule has 1 atom stereocenters. The molecule has 0 radical (unpaired) electrons. The third kappa shape index (κ3) is 1.25. The van der Waals surface area contributed by atoms with Gasteiger partial charge in [-0.2, -0.15) is 5.10 Å². The van der Waals surface area contributed by atoms with Gasteiger partial charge in [0, 0.05) is 0 Å². The standard InChI is InChI=1S/C9H15N3/c1-7-6-8(11-10-7)9-4-3-5-12(9)2/h6,9H,3-5H2,1-2H3,(H,10,11)/t9-/m0/s1. The molecular weight excluding hydrogens is 150 g/mol. The summed E-state index contributed by atoms with van der Waals surface area (Å²) in [6, 6.07) is 2.72. The molecule has 0 bridgehead atoms. The largest absolute Gasteiger partial charge is 0.298 e. The van der Waals surface area contributed by atoms with Gasteiger partial charge in [0.25, 0.3) is 0 Å². The van der Waals surface area contributed by atoms with E-state index in [1.54, 1.807) is 0 Å². The molecule has 1 aromatic heterocycles. The summed E-state index contributed by atoms with van der Waals surface area (Å²) in [6.45, 7) is 3.23. The Bertz CT molecular complexity index is 266. The number of aryl methyl sites for hydroxylation is 1. The molecule has 3 nitrogen and oxygen atoms in total. The third-order valence-electron chi connectivity index (χ3n) is 2.61. The first-order valence-corrected chi connectivity index (χ1v) is 4.49. The smallest absolute Gasteiger partial charge is 0.0594 e. The van der Waals surface area contributed by atoms with Crippen molar-refractivity contribution in [3.05, 3.63) is 17.5 Å². The van der Waals surface area contributed by atoms with E-state index in [0.717, 1.165) is 5.69 Å². The van der Waals surface area contributed by atoms with Crippen LogP contribution in [-0.4, -0.2) is 28.7 Å². The van der Waals surface area contributed by atoms with E-state index in [4.69, 9.17) is 0 Å². The Labute approximate surface area is 72.8 Å². The van der Waals surface area contributed by atoms with Gasteiger partial charge in [0.1, 0.15) is 0 Å². The number of hydrogen-bond donors (Lipinski definition) is 1. The van der Waals surface area contributed by atoms with Crippen LogP contribution in [0.25, 0.3) is 0 Å². The summed E-state index contributed by atoms with van der Waals surface area (Å²) in [4.78, 5) is 2.38. The van der Waals surface area contributed by atoms with Gasteiger partial charge in [-0.1, -0.05) is 0 Å². The third-order valence-corrected chi connectivity index (χ3v) is 2.61. The molecule has 1 aromatic rings. The predicted octanol–water partition coefficient (Wildman–Crippen LogP) is 1.48. The average Bonchev–Trinajstić information content (AvgIpc) is 2.58. The molecule has 0 unspecified atom stereocenters. The van der Waals surface area contributed by atoms with E-state index in [9.17, 15) is 0 Å². The second kappa shape index (κ2) is 2.90. The van der Waals surface area contributed by atoms with Gasteiger partial charge >= 0.3 is 0 Å². The lowest BCUT2D eigenvalue weighted by atomic mass is 10.1. The zero-order valence-corrected chi connectivity index (χ0v) is 7.67. The fourth-order valence-electron chi connectivity index (χ4n) is 1.92. The molecule has 66 valence electrons. The molecule has 1 saturated heterocycles. The SMILES string of the molecule is Cc1cc([C@@H]2CCCN2C)[nH]n1. The minimum Gasteiger partial charge on any atom is -0.298 e. The van der Waals surface area contributed by atoms with Crippen LogP contribution in [0.4, 0.5) is 0 Å². The number of rotatable bonds is 1. The molecule has 3 heteroatoms. The number of aromatic amines is 1. The molecule has 12 heavy (non-hydrogen) atoms. The lowest BCUT2D eigenvalue weighted by Gasteiger charge is -2.16. The first kappa shape index (κ1) is 7.80. The normalized spacial score (nSPS) is 25.0. The minimum atomic E-state index is 0.575. The molecule has 1 N–H and O–H groups in total. The lowest BCUT2D eigenvalue weighted by molar-refractivity contribution is 0.311. The average molecular weight is 165 g/mol. The van der Waals surface area contributed by atoms with Crippen LogP contribution >= 0.6 is 0 Å². The number of nitrogens with one attached hydrogen (secondary N) is 1. The molecular formula is C9H15N3. The second-order valence-electron chi connectivity index (χ2n) is 3.60. The number of aromatic nitrogens is 2. The van der Waals surface area contributed by atoms with Crippen LogP contribution in [0.3, 0.4) is 0 Å². The van der Waals surface area contributed by atoms with Gasteiger partial charge in [-0.25, -0.2) is 0 Å². The Hall–Kier alpha value is -0.830. The predicted molar refractivity (Wildman–Crippen MR) is 47.9 cm³/mol. The lowest BCUT2D eigenvalue weighted by Crippen LogP contribution is -2.17. The monoisotopic (exact) mass is 165 g/mol. The van der Waals surface area contributed by atoms with Crippen molar-refractivity contribution >= 4 is 0 Å². The molecule has 1 aliphatic heterocycles. The van der Waals surface area contributed by atoms with E-state index < -0.39 is 0 Å². The van der Waals surface area contributed by atoms with Crippen LogP contribution in [-0.2, 0) is 0 Å². The van der Waals surface area contributed by atoms with Gasteiger partial charge in [0.2, 0.25) is 0 Å². The highest BCUT2D eigenvalue weighted by molar-refractivity contribution is 5.12. The van der Waals surface area contributed by atoms with E-state index in [0.29, 0.717) is 6.04 Å². The molecule has 1 fully saturated rings. The Kier molecular flexibility index (Phi) is 1.89. The number of H-pyrrole nitrogens is 1. The maximum absolute atomic E-state index is 4.14. The van der Waals surface area contributed by atoms with Crippen LogP contribution < -0.4 is 0 Å². The van der Waals surface area contributed by atoms with Crippen molar-refractivity contribution < 1.29 is 0 Å². The molecule has 2 heterocycles.